The normalized spacial score (nSPS) is 13.6. The number of carbonyl (C=O) groups excluding carboxylic acids is 1. The summed E-state index contributed by atoms with van der Waals surface area (Å²) in [6, 6.07) is 5.99. The van der Waals surface area contributed by atoms with Crippen LogP contribution in [0.3, 0.4) is 0 Å². The molecule has 0 aliphatic carbocycles. The van der Waals surface area contributed by atoms with Crippen molar-refractivity contribution in [3.63, 3.8) is 0 Å². The minimum Gasteiger partial charge on any atom is -0.352 e. The van der Waals surface area contributed by atoms with Crippen LogP contribution in [0.25, 0.3) is 0 Å². The highest BCUT2D eigenvalue weighted by atomic mass is 16.1. The molecule has 0 unspecified atom stereocenters. The molecular weight excluding hydrogens is 250 g/mol. The molecule has 0 spiro atoms. The highest BCUT2D eigenvalue weighted by molar-refractivity contribution is 5.94. The van der Waals surface area contributed by atoms with Gasteiger partial charge in [0.05, 0.1) is 0 Å². The molecule has 0 bridgehead atoms. The van der Waals surface area contributed by atoms with Crippen LogP contribution in [0.1, 0.15) is 41.8 Å². The van der Waals surface area contributed by atoms with E-state index in [2.05, 4.69) is 35.4 Å². The maximum atomic E-state index is 12.1. The van der Waals surface area contributed by atoms with Gasteiger partial charge in [0.15, 0.2) is 0 Å². The van der Waals surface area contributed by atoms with Gasteiger partial charge in [-0.2, -0.15) is 0 Å². The van der Waals surface area contributed by atoms with Gasteiger partial charge >= 0.3 is 0 Å². The number of rotatable bonds is 7. The van der Waals surface area contributed by atoms with E-state index in [1.807, 2.05) is 12.1 Å². The third-order valence-corrected chi connectivity index (χ3v) is 3.93. The quantitative estimate of drug-likeness (QED) is 0.745. The Hall–Kier alpha value is -1.39. The highest BCUT2D eigenvalue weighted by Crippen LogP contribution is 2.16. The Morgan fingerprint density at radius 1 is 1.25 bits per heavy atom. The summed E-state index contributed by atoms with van der Waals surface area (Å²) in [4.78, 5) is 14.5. The maximum Gasteiger partial charge on any atom is 0.251 e. The van der Waals surface area contributed by atoms with Crippen LogP contribution in [-0.2, 0) is 13.1 Å². The van der Waals surface area contributed by atoms with Crippen molar-refractivity contribution < 1.29 is 4.79 Å². The zero-order chi connectivity index (χ0) is 14.4. The Labute approximate surface area is 121 Å². The number of hydrogen-bond acceptors (Lipinski definition) is 3. The second-order valence-electron chi connectivity index (χ2n) is 5.22. The number of benzene rings is 1. The van der Waals surface area contributed by atoms with E-state index in [0.29, 0.717) is 0 Å². The van der Waals surface area contributed by atoms with Crippen molar-refractivity contribution in [2.75, 3.05) is 26.2 Å². The topological polar surface area (TPSA) is 44.4 Å². The number of nitrogens with zero attached hydrogens (tertiary/aromatic N) is 1. The first-order valence-corrected chi connectivity index (χ1v) is 7.57. The number of nitrogens with one attached hydrogen (secondary N) is 2. The van der Waals surface area contributed by atoms with Crippen LogP contribution in [0.5, 0.6) is 0 Å². The van der Waals surface area contributed by atoms with Gasteiger partial charge in [-0.3, -0.25) is 4.79 Å². The third kappa shape index (κ3) is 3.81. The number of carbonyl (C=O) groups is 1. The van der Waals surface area contributed by atoms with Crippen molar-refractivity contribution >= 4 is 5.91 Å². The first-order chi connectivity index (χ1) is 9.74. The van der Waals surface area contributed by atoms with Gasteiger partial charge in [0, 0.05) is 25.2 Å². The van der Waals surface area contributed by atoms with Crippen LogP contribution >= 0.6 is 0 Å². The van der Waals surface area contributed by atoms with E-state index < -0.39 is 0 Å². The van der Waals surface area contributed by atoms with Crippen LogP contribution in [0.2, 0.25) is 0 Å². The van der Waals surface area contributed by atoms with Crippen LogP contribution in [0, 0.1) is 0 Å². The summed E-state index contributed by atoms with van der Waals surface area (Å²) in [5.74, 6) is 0.0410. The van der Waals surface area contributed by atoms with Crippen molar-refractivity contribution in [2.24, 2.45) is 0 Å². The number of hydrogen-bond donors (Lipinski definition) is 2. The molecule has 0 atom stereocenters. The second kappa shape index (κ2) is 7.41. The van der Waals surface area contributed by atoms with Crippen LogP contribution in [0.15, 0.2) is 18.2 Å². The zero-order valence-corrected chi connectivity index (χ0v) is 12.5. The summed E-state index contributed by atoms with van der Waals surface area (Å²) in [6.45, 7) is 10.1. The van der Waals surface area contributed by atoms with Crippen molar-refractivity contribution in [2.45, 2.75) is 33.4 Å². The molecular formula is C16H25N3O. The molecule has 20 heavy (non-hydrogen) atoms. The van der Waals surface area contributed by atoms with E-state index in [-0.39, 0.29) is 5.91 Å². The summed E-state index contributed by atoms with van der Waals surface area (Å²) in [7, 11) is 0. The highest BCUT2D eigenvalue weighted by Gasteiger charge is 2.13. The molecule has 1 aliphatic rings. The second-order valence-corrected chi connectivity index (χ2v) is 5.22. The molecule has 110 valence electrons. The Morgan fingerprint density at radius 3 is 2.75 bits per heavy atom. The largest absolute Gasteiger partial charge is 0.352 e. The molecule has 1 heterocycles. The van der Waals surface area contributed by atoms with Gasteiger partial charge in [0.25, 0.3) is 5.91 Å². The van der Waals surface area contributed by atoms with Gasteiger partial charge in [0.1, 0.15) is 0 Å². The minimum absolute atomic E-state index is 0.0410. The molecule has 4 nitrogen and oxygen atoms in total. The number of fused-ring (bicyclic) bond motifs is 1. The summed E-state index contributed by atoms with van der Waals surface area (Å²) in [5, 5.41) is 6.30. The van der Waals surface area contributed by atoms with Crippen LogP contribution in [-0.4, -0.2) is 37.0 Å². The molecule has 1 amide bonds. The van der Waals surface area contributed by atoms with Gasteiger partial charge < -0.3 is 15.5 Å². The van der Waals surface area contributed by atoms with E-state index >= 15 is 0 Å². The van der Waals surface area contributed by atoms with E-state index in [4.69, 9.17) is 0 Å². The minimum atomic E-state index is 0.0410. The van der Waals surface area contributed by atoms with Gasteiger partial charge in [-0.15, -0.1) is 0 Å². The van der Waals surface area contributed by atoms with Gasteiger partial charge in [0.2, 0.25) is 0 Å². The Kier molecular flexibility index (Phi) is 5.56. The fourth-order valence-electron chi connectivity index (χ4n) is 2.58. The summed E-state index contributed by atoms with van der Waals surface area (Å²) >= 11 is 0. The average molecular weight is 275 g/mol. The average Bonchev–Trinajstić information content (AvgIpc) is 2.94. The zero-order valence-electron chi connectivity index (χ0n) is 12.5. The van der Waals surface area contributed by atoms with Crippen molar-refractivity contribution in [1.82, 2.24) is 15.5 Å². The monoisotopic (exact) mass is 275 g/mol. The van der Waals surface area contributed by atoms with Crippen molar-refractivity contribution in [1.29, 1.82) is 0 Å². The first kappa shape index (κ1) is 15.0. The predicted octanol–water partition coefficient (Wildman–Crippen LogP) is 1.75. The molecule has 2 N–H and O–H groups in total. The third-order valence-electron chi connectivity index (χ3n) is 3.93. The summed E-state index contributed by atoms with van der Waals surface area (Å²) < 4.78 is 0. The molecule has 1 aromatic carbocycles. The first-order valence-electron chi connectivity index (χ1n) is 7.57. The van der Waals surface area contributed by atoms with Crippen molar-refractivity contribution in [3.8, 4) is 0 Å². The van der Waals surface area contributed by atoms with Gasteiger partial charge in [-0.05, 0) is 49.3 Å². The molecule has 0 fully saturated rings. The lowest BCUT2D eigenvalue weighted by molar-refractivity contribution is 0.0951. The van der Waals surface area contributed by atoms with Crippen molar-refractivity contribution in [3.05, 3.63) is 34.9 Å². The predicted molar refractivity (Wildman–Crippen MR) is 81.7 cm³/mol. The van der Waals surface area contributed by atoms with E-state index in [9.17, 15) is 4.79 Å². The smallest absolute Gasteiger partial charge is 0.251 e. The molecule has 4 heteroatoms. The molecule has 0 aromatic heterocycles. The van der Waals surface area contributed by atoms with E-state index in [0.717, 1.165) is 51.3 Å². The number of amides is 1. The molecule has 1 aliphatic heterocycles. The molecule has 2 rings (SSSR count). The standard InChI is InChI=1S/C16H25N3O/c1-3-19(4-2)9-5-8-18-16(20)13-6-7-14-11-17-12-15(14)10-13/h6-7,10,17H,3-5,8-9,11-12H2,1-2H3,(H,18,20). The lowest BCUT2D eigenvalue weighted by atomic mass is 10.1. The fraction of sp³-hybridized carbons (Fsp3) is 0.562. The summed E-state index contributed by atoms with van der Waals surface area (Å²) in [6.07, 6.45) is 1.000. The lowest BCUT2D eigenvalue weighted by Gasteiger charge is -2.17. The fourth-order valence-corrected chi connectivity index (χ4v) is 2.58. The lowest BCUT2D eigenvalue weighted by Crippen LogP contribution is -2.29. The Balaban J connectivity index is 1.77. The molecule has 1 aromatic rings. The molecule has 0 radical (unpaired) electrons. The maximum absolute atomic E-state index is 12.1. The van der Waals surface area contributed by atoms with Gasteiger partial charge in [-0.1, -0.05) is 19.9 Å². The van der Waals surface area contributed by atoms with Crippen LogP contribution < -0.4 is 10.6 Å². The van der Waals surface area contributed by atoms with Crippen LogP contribution in [0.4, 0.5) is 0 Å². The van der Waals surface area contributed by atoms with Gasteiger partial charge in [-0.25, -0.2) is 0 Å². The summed E-state index contributed by atoms with van der Waals surface area (Å²) in [5.41, 5.74) is 3.33. The van der Waals surface area contributed by atoms with E-state index in [1.54, 1.807) is 0 Å². The molecule has 0 saturated heterocycles. The Morgan fingerprint density at radius 2 is 2.00 bits per heavy atom. The SMILES string of the molecule is CCN(CC)CCCNC(=O)c1ccc2c(c1)CNC2. The Bertz CT molecular complexity index is 455. The molecule has 0 saturated carbocycles. The van der Waals surface area contributed by atoms with E-state index in [1.165, 1.54) is 11.1 Å².